The van der Waals surface area contributed by atoms with Crippen LogP contribution in [-0.4, -0.2) is 45.6 Å². The highest BCUT2D eigenvalue weighted by atomic mass is 35.5. The molecule has 0 spiro atoms. The molecule has 1 aromatic carbocycles. The van der Waals surface area contributed by atoms with Crippen LogP contribution in [0.3, 0.4) is 0 Å². The van der Waals surface area contributed by atoms with Crippen molar-refractivity contribution in [1.82, 2.24) is 9.03 Å². The van der Waals surface area contributed by atoms with E-state index < -0.39 is 10.2 Å². The highest BCUT2D eigenvalue weighted by Gasteiger charge is 2.23. The number of rotatable bonds is 5. The van der Waals surface area contributed by atoms with E-state index in [9.17, 15) is 8.42 Å². The van der Waals surface area contributed by atoms with Gasteiger partial charge in [0.2, 0.25) is 0 Å². The largest absolute Gasteiger partial charge is 0.486 e. The highest BCUT2D eigenvalue weighted by molar-refractivity contribution is 7.87. The highest BCUT2D eigenvalue weighted by Crippen LogP contribution is 2.38. The van der Waals surface area contributed by atoms with E-state index in [0.717, 1.165) is 24.8 Å². The number of nitrogens with zero attached hydrogens (tertiary/aromatic N) is 1. The van der Waals surface area contributed by atoms with Gasteiger partial charge in [-0.1, -0.05) is 18.0 Å². The third-order valence-corrected chi connectivity index (χ3v) is 5.90. The summed E-state index contributed by atoms with van der Waals surface area (Å²) in [4.78, 5) is 0. The maximum Gasteiger partial charge on any atom is 0.279 e. The second-order valence-electron chi connectivity index (χ2n) is 5.71. The molecule has 6 nitrogen and oxygen atoms in total. The Balaban J connectivity index is 1.59. The van der Waals surface area contributed by atoms with Crippen LogP contribution in [-0.2, 0) is 16.6 Å². The van der Waals surface area contributed by atoms with Crippen molar-refractivity contribution in [2.24, 2.45) is 0 Å². The van der Waals surface area contributed by atoms with Crippen LogP contribution in [0.25, 0.3) is 0 Å². The van der Waals surface area contributed by atoms with Crippen LogP contribution in [0.5, 0.6) is 11.5 Å². The van der Waals surface area contributed by atoms with Crippen LogP contribution in [0.1, 0.15) is 24.8 Å². The minimum absolute atomic E-state index is 0.328. The first-order chi connectivity index (χ1) is 11.1. The minimum Gasteiger partial charge on any atom is -0.486 e. The number of ether oxygens (including phenoxy) is 2. The van der Waals surface area contributed by atoms with Gasteiger partial charge in [-0.15, -0.1) is 0 Å². The molecule has 1 N–H and O–H groups in total. The Morgan fingerprint density at radius 2 is 1.87 bits per heavy atom. The molecule has 0 bridgehead atoms. The van der Waals surface area contributed by atoms with Gasteiger partial charge in [-0.3, -0.25) is 0 Å². The van der Waals surface area contributed by atoms with Crippen LogP contribution >= 0.6 is 11.6 Å². The molecule has 128 valence electrons. The van der Waals surface area contributed by atoms with Crippen LogP contribution in [0.2, 0.25) is 5.02 Å². The Labute approximate surface area is 141 Å². The van der Waals surface area contributed by atoms with Crippen molar-refractivity contribution in [2.75, 3.05) is 32.8 Å². The first-order valence-corrected chi connectivity index (χ1v) is 9.71. The van der Waals surface area contributed by atoms with E-state index in [0.29, 0.717) is 55.8 Å². The summed E-state index contributed by atoms with van der Waals surface area (Å²) in [6.45, 7) is 2.52. The fourth-order valence-electron chi connectivity index (χ4n) is 2.83. The number of nitrogens with one attached hydrogen (secondary N) is 1. The second-order valence-corrected chi connectivity index (χ2v) is 7.87. The summed E-state index contributed by atoms with van der Waals surface area (Å²) in [5.41, 5.74) is 0.917. The molecular weight excluding hydrogens is 340 g/mol. The Morgan fingerprint density at radius 3 is 2.65 bits per heavy atom. The maximum atomic E-state index is 12.2. The zero-order chi connectivity index (χ0) is 16.3. The quantitative estimate of drug-likeness (QED) is 0.871. The lowest BCUT2D eigenvalue weighted by molar-refractivity contribution is 0.171. The molecule has 0 unspecified atom stereocenters. The zero-order valence-corrected chi connectivity index (χ0v) is 14.5. The summed E-state index contributed by atoms with van der Waals surface area (Å²) in [6.07, 6.45) is 3.50. The Bertz CT molecular complexity index is 660. The molecule has 0 aromatic heterocycles. The molecule has 1 saturated heterocycles. The average Bonchev–Trinajstić information content (AvgIpc) is 2.56. The van der Waals surface area contributed by atoms with E-state index >= 15 is 0 Å². The lowest BCUT2D eigenvalue weighted by Crippen LogP contribution is -2.43. The van der Waals surface area contributed by atoms with Crippen molar-refractivity contribution in [2.45, 2.75) is 25.7 Å². The summed E-state index contributed by atoms with van der Waals surface area (Å²) < 4.78 is 39.6. The molecule has 2 aliphatic heterocycles. The molecule has 1 fully saturated rings. The third kappa shape index (κ3) is 4.09. The number of piperidine rings is 1. The van der Waals surface area contributed by atoms with Crippen LogP contribution in [0, 0.1) is 0 Å². The summed E-state index contributed by atoms with van der Waals surface area (Å²) in [5, 5.41) is 0.496. The topological polar surface area (TPSA) is 67.9 Å². The monoisotopic (exact) mass is 360 g/mol. The van der Waals surface area contributed by atoms with Gasteiger partial charge in [0, 0.05) is 19.6 Å². The van der Waals surface area contributed by atoms with E-state index in [1.165, 1.54) is 4.31 Å². The molecule has 3 rings (SSSR count). The number of benzene rings is 1. The SMILES string of the molecule is O=S(=O)(NCCc1cc(Cl)c2c(c1)OCCO2)N1CCCCC1. The first-order valence-electron chi connectivity index (χ1n) is 7.89. The van der Waals surface area contributed by atoms with Crippen LogP contribution in [0.15, 0.2) is 12.1 Å². The fraction of sp³-hybridized carbons (Fsp3) is 0.600. The van der Waals surface area contributed by atoms with Gasteiger partial charge < -0.3 is 9.47 Å². The number of fused-ring (bicyclic) bond motifs is 1. The van der Waals surface area contributed by atoms with Gasteiger partial charge in [0.25, 0.3) is 10.2 Å². The van der Waals surface area contributed by atoms with E-state index in [1.54, 1.807) is 6.07 Å². The molecule has 1 aromatic rings. The summed E-state index contributed by atoms with van der Waals surface area (Å²) in [6, 6.07) is 3.65. The molecule has 0 aliphatic carbocycles. The van der Waals surface area contributed by atoms with Gasteiger partial charge in [-0.2, -0.15) is 12.7 Å². The Morgan fingerprint density at radius 1 is 1.13 bits per heavy atom. The summed E-state index contributed by atoms with van der Waals surface area (Å²) in [7, 11) is -3.39. The second kappa shape index (κ2) is 7.25. The van der Waals surface area contributed by atoms with Crippen molar-refractivity contribution in [3.63, 3.8) is 0 Å². The molecular formula is C15H21ClN2O4S. The van der Waals surface area contributed by atoms with Gasteiger partial charge in [0.15, 0.2) is 11.5 Å². The Kier molecular flexibility index (Phi) is 5.31. The summed E-state index contributed by atoms with van der Waals surface area (Å²) >= 11 is 6.19. The van der Waals surface area contributed by atoms with Gasteiger partial charge >= 0.3 is 0 Å². The normalized spacial score (nSPS) is 18.8. The van der Waals surface area contributed by atoms with E-state index in [-0.39, 0.29) is 0 Å². The minimum atomic E-state index is -3.39. The first kappa shape index (κ1) is 16.8. The molecule has 0 amide bonds. The predicted octanol–water partition coefficient (Wildman–Crippen LogP) is 1.97. The van der Waals surface area contributed by atoms with Gasteiger partial charge in [-0.05, 0) is 37.0 Å². The van der Waals surface area contributed by atoms with Gasteiger partial charge in [-0.25, -0.2) is 4.72 Å². The van der Waals surface area contributed by atoms with E-state index in [2.05, 4.69) is 4.72 Å². The third-order valence-electron chi connectivity index (χ3n) is 4.01. The standard InChI is InChI=1S/C15H21ClN2O4S/c16-13-10-12(11-14-15(13)22-9-8-21-14)4-5-17-23(19,20)18-6-2-1-3-7-18/h10-11,17H,1-9H2. The van der Waals surface area contributed by atoms with Crippen molar-refractivity contribution in [3.8, 4) is 11.5 Å². The maximum absolute atomic E-state index is 12.2. The fourth-order valence-corrected chi connectivity index (χ4v) is 4.40. The number of hydrogen-bond donors (Lipinski definition) is 1. The lowest BCUT2D eigenvalue weighted by atomic mass is 10.1. The molecule has 0 radical (unpaired) electrons. The smallest absolute Gasteiger partial charge is 0.279 e. The van der Waals surface area contributed by atoms with E-state index in [4.69, 9.17) is 21.1 Å². The van der Waals surface area contributed by atoms with Crippen molar-refractivity contribution in [1.29, 1.82) is 0 Å². The van der Waals surface area contributed by atoms with Crippen molar-refractivity contribution >= 4 is 21.8 Å². The lowest BCUT2D eigenvalue weighted by Gasteiger charge is -2.26. The number of halogens is 1. The van der Waals surface area contributed by atoms with Crippen molar-refractivity contribution < 1.29 is 17.9 Å². The number of hydrogen-bond acceptors (Lipinski definition) is 4. The van der Waals surface area contributed by atoms with Crippen LogP contribution < -0.4 is 14.2 Å². The zero-order valence-electron chi connectivity index (χ0n) is 12.9. The molecule has 2 heterocycles. The van der Waals surface area contributed by atoms with Crippen molar-refractivity contribution in [3.05, 3.63) is 22.7 Å². The van der Waals surface area contributed by atoms with E-state index in [1.807, 2.05) is 6.07 Å². The molecule has 2 aliphatic rings. The molecule has 0 atom stereocenters. The molecule has 0 saturated carbocycles. The predicted molar refractivity (Wildman–Crippen MR) is 88.5 cm³/mol. The molecule has 8 heteroatoms. The van der Waals surface area contributed by atoms with Gasteiger partial charge in [0.05, 0.1) is 5.02 Å². The molecule has 23 heavy (non-hydrogen) atoms. The summed E-state index contributed by atoms with van der Waals surface area (Å²) in [5.74, 6) is 1.19. The Hall–Kier alpha value is -1.02. The average molecular weight is 361 g/mol. The van der Waals surface area contributed by atoms with Crippen LogP contribution in [0.4, 0.5) is 0 Å². The van der Waals surface area contributed by atoms with Gasteiger partial charge in [0.1, 0.15) is 13.2 Å².